The molecule has 1 heterocycles. The van der Waals surface area contributed by atoms with Crippen molar-refractivity contribution < 1.29 is 9.90 Å². The smallest absolute Gasteiger partial charge is 0.270 e. The average Bonchev–Trinajstić information content (AvgIpc) is 3.08. The lowest BCUT2D eigenvalue weighted by Gasteiger charge is -2.19. The summed E-state index contributed by atoms with van der Waals surface area (Å²) < 4.78 is 1.98. The van der Waals surface area contributed by atoms with E-state index in [9.17, 15) is 9.90 Å². The number of nitrogens with two attached hydrogens (primary N) is 1. The van der Waals surface area contributed by atoms with E-state index < -0.39 is 0 Å². The Kier molecular flexibility index (Phi) is 3.61. The molecule has 1 aliphatic rings. The molecular formula is C13H21N3O2. The van der Waals surface area contributed by atoms with Crippen LogP contribution in [0.3, 0.4) is 0 Å². The third kappa shape index (κ3) is 2.85. The molecule has 0 aromatic carbocycles. The summed E-state index contributed by atoms with van der Waals surface area (Å²) in [6.07, 6.45) is 4.27. The van der Waals surface area contributed by atoms with E-state index in [0.29, 0.717) is 30.4 Å². The van der Waals surface area contributed by atoms with Crippen LogP contribution in [0.4, 0.5) is 5.69 Å². The van der Waals surface area contributed by atoms with Crippen molar-refractivity contribution in [3.63, 3.8) is 0 Å². The number of carbonyl (C=O) groups is 1. The summed E-state index contributed by atoms with van der Waals surface area (Å²) in [7, 11) is 1.76. The minimum absolute atomic E-state index is 0.0285. The van der Waals surface area contributed by atoms with Gasteiger partial charge in [0.2, 0.25) is 0 Å². The monoisotopic (exact) mass is 251 g/mol. The molecule has 1 fully saturated rings. The van der Waals surface area contributed by atoms with Crippen LogP contribution in [-0.2, 0) is 0 Å². The zero-order valence-electron chi connectivity index (χ0n) is 11.0. The molecule has 1 atom stereocenters. The molecule has 5 heteroatoms. The second-order valence-corrected chi connectivity index (χ2v) is 5.16. The maximum Gasteiger partial charge on any atom is 0.270 e. The van der Waals surface area contributed by atoms with Crippen LogP contribution in [-0.4, -0.2) is 40.2 Å². The number of nitrogen functional groups attached to an aromatic ring is 1. The molecule has 100 valence electrons. The van der Waals surface area contributed by atoms with Gasteiger partial charge in [-0.25, -0.2) is 0 Å². The van der Waals surface area contributed by atoms with Crippen molar-refractivity contribution in [2.24, 2.45) is 0 Å². The van der Waals surface area contributed by atoms with E-state index in [4.69, 9.17) is 5.73 Å². The van der Waals surface area contributed by atoms with Crippen molar-refractivity contribution in [3.05, 3.63) is 18.0 Å². The minimum Gasteiger partial charge on any atom is -0.397 e. The van der Waals surface area contributed by atoms with E-state index in [1.165, 1.54) is 0 Å². The molecule has 1 aliphatic carbocycles. The standard InChI is InChI=1S/C13H21N3O2/c1-9(17)5-6-15(2)13(18)12-7-10(14)8-16(12)11-3-4-11/h7-9,11,17H,3-6,14H2,1-2H3. The van der Waals surface area contributed by atoms with E-state index in [-0.39, 0.29) is 12.0 Å². The van der Waals surface area contributed by atoms with Gasteiger partial charge in [-0.3, -0.25) is 4.79 Å². The highest BCUT2D eigenvalue weighted by molar-refractivity contribution is 5.93. The SMILES string of the molecule is CC(O)CCN(C)C(=O)c1cc(N)cn1C1CC1. The summed E-state index contributed by atoms with van der Waals surface area (Å²) in [6, 6.07) is 2.17. The summed E-state index contributed by atoms with van der Waals surface area (Å²) in [6.45, 7) is 2.27. The summed E-state index contributed by atoms with van der Waals surface area (Å²) in [4.78, 5) is 13.9. The van der Waals surface area contributed by atoms with Gasteiger partial charge >= 0.3 is 0 Å². The number of amides is 1. The van der Waals surface area contributed by atoms with Crippen molar-refractivity contribution in [1.82, 2.24) is 9.47 Å². The molecule has 1 unspecified atom stereocenters. The Hall–Kier alpha value is -1.49. The Balaban J connectivity index is 2.07. The molecule has 0 spiro atoms. The third-order valence-electron chi connectivity index (χ3n) is 3.26. The van der Waals surface area contributed by atoms with Crippen LogP contribution in [0.2, 0.25) is 0 Å². The number of aliphatic hydroxyl groups is 1. The van der Waals surface area contributed by atoms with Crippen molar-refractivity contribution in [2.75, 3.05) is 19.3 Å². The van der Waals surface area contributed by atoms with Gasteiger partial charge in [-0.2, -0.15) is 0 Å². The van der Waals surface area contributed by atoms with Gasteiger partial charge in [-0.1, -0.05) is 0 Å². The van der Waals surface area contributed by atoms with Gasteiger partial charge in [-0.15, -0.1) is 0 Å². The predicted molar refractivity (Wildman–Crippen MR) is 70.4 cm³/mol. The number of aliphatic hydroxyl groups excluding tert-OH is 1. The van der Waals surface area contributed by atoms with Crippen molar-refractivity contribution >= 4 is 11.6 Å². The van der Waals surface area contributed by atoms with Crippen molar-refractivity contribution in [1.29, 1.82) is 0 Å². The molecule has 0 saturated heterocycles. The predicted octanol–water partition coefficient (Wildman–Crippen LogP) is 1.25. The summed E-state index contributed by atoms with van der Waals surface area (Å²) in [5.41, 5.74) is 7.06. The largest absolute Gasteiger partial charge is 0.397 e. The molecule has 0 radical (unpaired) electrons. The van der Waals surface area contributed by atoms with Gasteiger partial charge < -0.3 is 20.3 Å². The summed E-state index contributed by atoms with van der Waals surface area (Å²) >= 11 is 0. The molecule has 18 heavy (non-hydrogen) atoms. The number of carbonyl (C=O) groups excluding carboxylic acids is 1. The highest BCUT2D eigenvalue weighted by Gasteiger charge is 2.28. The first kappa shape index (κ1) is 13.0. The van der Waals surface area contributed by atoms with Crippen LogP contribution < -0.4 is 5.73 Å². The number of aromatic nitrogens is 1. The van der Waals surface area contributed by atoms with Gasteiger partial charge in [0.05, 0.1) is 11.8 Å². The normalized spacial score (nSPS) is 16.6. The Morgan fingerprint density at radius 3 is 2.89 bits per heavy atom. The minimum atomic E-state index is -0.388. The molecule has 3 N–H and O–H groups in total. The summed E-state index contributed by atoms with van der Waals surface area (Å²) in [5, 5.41) is 9.25. The van der Waals surface area contributed by atoms with Crippen LogP contribution in [0.15, 0.2) is 12.3 Å². The summed E-state index contributed by atoms with van der Waals surface area (Å²) in [5.74, 6) is -0.0285. The van der Waals surface area contributed by atoms with Gasteiger partial charge in [0.15, 0.2) is 0 Å². The van der Waals surface area contributed by atoms with Gasteiger partial charge in [0.1, 0.15) is 5.69 Å². The number of hydrogen-bond donors (Lipinski definition) is 2. The van der Waals surface area contributed by atoms with Crippen LogP contribution >= 0.6 is 0 Å². The quantitative estimate of drug-likeness (QED) is 0.827. The fraction of sp³-hybridized carbons (Fsp3) is 0.615. The molecule has 1 aromatic rings. The number of hydrogen-bond acceptors (Lipinski definition) is 3. The zero-order chi connectivity index (χ0) is 13.3. The molecule has 5 nitrogen and oxygen atoms in total. The first-order chi connectivity index (χ1) is 8.49. The maximum atomic E-state index is 12.3. The highest BCUT2D eigenvalue weighted by Crippen LogP contribution is 2.37. The molecule has 1 aromatic heterocycles. The van der Waals surface area contributed by atoms with Crippen molar-refractivity contribution in [2.45, 2.75) is 38.3 Å². The lowest BCUT2D eigenvalue weighted by Crippen LogP contribution is -2.30. The maximum absolute atomic E-state index is 12.3. The van der Waals surface area contributed by atoms with Gasteiger partial charge in [0, 0.05) is 25.8 Å². The van der Waals surface area contributed by atoms with E-state index in [1.54, 1.807) is 24.9 Å². The van der Waals surface area contributed by atoms with E-state index >= 15 is 0 Å². The molecule has 1 amide bonds. The Labute approximate surface area is 107 Å². The van der Waals surface area contributed by atoms with E-state index in [0.717, 1.165) is 12.8 Å². The molecule has 0 bridgehead atoms. The second kappa shape index (κ2) is 5.02. The molecule has 1 saturated carbocycles. The molecule has 0 aliphatic heterocycles. The fourth-order valence-corrected chi connectivity index (χ4v) is 2.00. The van der Waals surface area contributed by atoms with Gasteiger partial charge in [0.25, 0.3) is 5.91 Å². The highest BCUT2D eigenvalue weighted by atomic mass is 16.3. The number of anilines is 1. The van der Waals surface area contributed by atoms with Crippen LogP contribution in [0, 0.1) is 0 Å². The number of rotatable bonds is 5. The Morgan fingerprint density at radius 2 is 2.33 bits per heavy atom. The second-order valence-electron chi connectivity index (χ2n) is 5.16. The lowest BCUT2D eigenvalue weighted by atomic mass is 10.2. The van der Waals surface area contributed by atoms with E-state index in [2.05, 4.69) is 0 Å². The fourth-order valence-electron chi connectivity index (χ4n) is 2.00. The topological polar surface area (TPSA) is 71.5 Å². The lowest BCUT2D eigenvalue weighted by molar-refractivity contribution is 0.0758. The average molecular weight is 251 g/mol. The van der Waals surface area contributed by atoms with Gasteiger partial charge in [-0.05, 0) is 32.3 Å². The molecule has 2 rings (SSSR count). The first-order valence-corrected chi connectivity index (χ1v) is 6.40. The Morgan fingerprint density at radius 1 is 1.67 bits per heavy atom. The number of nitrogens with zero attached hydrogens (tertiary/aromatic N) is 2. The van der Waals surface area contributed by atoms with Crippen LogP contribution in [0.25, 0.3) is 0 Å². The first-order valence-electron chi connectivity index (χ1n) is 6.40. The van der Waals surface area contributed by atoms with Crippen LogP contribution in [0.5, 0.6) is 0 Å². The molecular weight excluding hydrogens is 230 g/mol. The van der Waals surface area contributed by atoms with E-state index in [1.807, 2.05) is 10.8 Å². The van der Waals surface area contributed by atoms with Crippen LogP contribution in [0.1, 0.15) is 42.7 Å². The Bertz CT molecular complexity index is 435. The third-order valence-corrected chi connectivity index (χ3v) is 3.26. The zero-order valence-corrected chi connectivity index (χ0v) is 11.0. The van der Waals surface area contributed by atoms with Crippen molar-refractivity contribution in [3.8, 4) is 0 Å².